The van der Waals surface area contributed by atoms with Gasteiger partial charge in [0.25, 0.3) is 5.56 Å². The number of primary amides is 1. The summed E-state index contributed by atoms with van der Waals surface area (Å²) in [4.78, 5) is 54.0. The second-order valence-electron chi connectivity index (χ2n) is 15.1. The van der Waals surface area contributed by atoms with Crippen LogP contribution in [0.2, 0.25) is 0 Å². The van der Waals surface area contributed by atoms with E-state index in [9.17, 15) is 52.8 Å². The number of aliphatic hydroxyl groups is 4. The molecule has 1 aromatic heterocycles. The van der Waals surface area contributed by atoms with E-state index >= 15 is 0 Å². The van der Waals surface area contributed by atoms with Gasteiger partial charge >= 0.3 is 11.9 Å². The topological polar surface area (TPSA) is 286 Å². The smallest absolute Gasteiger partial charge is 0.416 e. The number of amides is 2. The van der Waals surface area contributed by atoms with Gasteiger partial charge in [0, 0.05) is 63.4 Å². The summed E-state index contributed by atoms with van der Waals surface area (Å²) in [7, 11) is 0. The molecular formula is C39H50F3N7O12. The minimum Gasteiger partial charge on any atom is -0.490 e. The number of aliphatic hydroxyl groups excluding tert-OH is 4. The van der Waals surface area contributed by atoms with Crippen molar-refractivity contribution >= 4 is 17.5 Å². The molecule has 19 nitrogen and oxygen atoms in total. The number of rotatable bonds is 17. The standard InChI is InChI=1S/C39H50F3N7O12/c40-39(41,42)21-5-9-23(10-6-21)58-24-11-15-48(16-12-24)22-7-3-20(4-8-22)19-46-26(50)2-1-14-45-28(35(44)56)33(61-37-32(55)29(52)25(18-43)59-37)34-30(53)31(54)36(60-34)49-17-13-27(51)47-38(49)57/h3-10,13,17,24-25,28-34,36-37,45,52-55H,1-2,11-12,14-16,18-19,43H2,(H2,44,56)(H,46,50)(H,47,51,57)/t25-,28+,29-,30+,31-,32-,33+,34+,36-,37+/m1/s1. The summed E-state index contributed by atoms with van der Waals surface area (Å²) in [6.07, 6.45) is -16.1. The number of piperidine rings is 1. The van der Waals surface area contributed by atoms with Gasteiger partial charge in [-0.05, 0) is 54.9 Å². The van der Waals surface area contributed by atoms with Gasteiger partial charge in [-0.15, -0.1) is 0 Å². The zero-order chi connectivity index (χ0) is 44.0. The number of aromatic amines is 1. The molecule has 0 radical (unpaired) electrons. The minimum atomic E-state index is -4.41. The summed E-state index contributed by atoms with van der Waals surface area (Å²) in [6, 6.07) is 11.8. The number of alkyl halides is 3. The number of hydrogen-bond acceptors (Lipinski definition) is 15. The van der Waals surface area contributed by atoms with Crippen LogP contribution in [0.25, 0.3) is 0 Å². The maximum Gasteiger partial charge on any atom is 0.416 e. The zero-order valence-corrected chi connectivity index (χ0v) is 32.7. The largest absolute Gasteiger partial charge is 0.490 e. The molecule has 3 aliphatic rings. The van der Waals surface area contributed by atoms with Crippen LogP contribution in [0.3, 0.4) is 0 Å². The van der Waals surface area contributed by atoms with E-state index in [1.54, 1.807) is 0 Å². The number of carbonyl (C=O) groups excluding carboxylic acids is 2. The van der Waals surface area contributed by atoms with Crippen molar-refractivity contribution in [2.75, 3.05) is 31.1 Å². The van der Waals surface area contributed by atoms with Crippen LogP contribution in [0.4, 0.5) is 18.9 Å². The Hall–Kier alpha value is -4.91. The van der Waals surface area contributed by atoms with E-state index in [0.29, 0.717) is 31.7 Å². The van der Waals surface area contributed by atoms with Crippen molar-refractivity contribution in [3.8, 4) is 5.75 Å². The van der Waals surface area contributed by atoms with Crippen molar-refractivity contribution in [1.82, 2.24) is 20.2 Å². The average Bonchev–Trinajstić information content (AvgIpc) is 3.68. The van der Waals surface area contributed by atoms with Gasteiger partial charge in [-0.3, -0.25) is 23.9 Å². The van der Waals surface area contributed by atoms with Crippen molar-refractivity contribution in [2.45, 2.75) is 106 Å². The van der Waals surface area contributed by atoms with Crippen LogP contribution in [0.5, 0.6) is 5.75 Å². The average molecular weight is 866 g/mol. The lowest BCUT2D eigenvalue weighted by Crippen LogP contribution is -2.59. The summed E-state index contributed by atoms with van der Waals surface area (Å²) in [5.41, 5.74) is 10.8. The number of halogens is 3. The normalized spacial score (nSPS) is 26.9. The van der Waals surface area contributed by atoms with E-state index < -0.39 is 90.2 Å². The van der Waals surface area contributed by atoms with Crippen molar-refractivity contribution in [2.24, 2.45) is 11.5 Å². The fraction of sp³-hybridized carbons (Fsp3) is 0.538. The summed E-state index contributed by atoms with van der Waals surface area (Å²) < 4.78 is 62.7. The molecule has 22 heteroatoms. The first kappa shape index (κ1) is 45.6. The fourth-order valence-corrected chi connectivity index (χ4v) is 7.48. The molecule has 2 amide bonds. The van der Waals surface area contributed by atoms with Gasteiger partial charge in [0.05, 0.1) is 5.56 Å². The molecule has 4 heterocycles. The zero-order valence-electron chi connectivity index (χ0n) is 32.7. The third-order valence-electron chi connectivity index (χ3n) is 10.9. The Labute approximate surface area is 346 Å². The summed E-state index contributed by atoms with van der Waals surface area (Å²) in [5.74, 6) is -0.938. The first-order chi connectivity index (χ1) is 29.0. The van der Waals surface area contributed by atoms with Crippen LogP contribution >= 0.6 is 0 Å². The van der Waals surface area contributed by atoms with E-state index in [0.717, 1.165) is 40.2 Å². The van der Waals surface area contributed by atoms with Crippen molar-refractivity contribution in [3.05, 3.63) is 92.8 Å². The number of ether oxygens (including phenoxy) is 4. The fourth-order valence-electron chi connectivity index (χ4n) is 7.48. The molecule has 0 unspecified atom stereocenters. The second-order valence-corrected chi connectivity index (χ2v) is 15.1. The lowest BCUT2D eigenvalue weighted by Gasteiger charge is -2.34. The minimum absolute atomic E-state index is 0.00203. The summed E-state index contributed by atoms with van der Waals surface area (Å²) >= 11 is 0. The number of nitrogens with two attached hydrogens (primary N) is 2. The van der Waals surface area contributed by atoms with Crippen molar-refractivity contribution in [1.29, 1.82) is 0 Å². The SMILES string of the molecule is NC[C@H]1O[C@@H](O[C@H]([C@H]2O[C@@H](n3ccc(=O)[nH]c3=O)[C@H](O)[C@@H]2O)[C@H](NCCCC(=O)NCc2ccc(N3CCC(Oc4ccc(C(F)(F)F)cc4)CC3)cc2)C(N)=O)[C@H](O)[C@@H]1O. The number of nitrogens with zero attached hydrogens (tertiary/aromatic N) is 2. The Morgan fingerprint density at radius 2 is 1.62 bits per heavy atom. The van der Waals surface area contributed by atoms with Gasteiger partial charge in [0.1, 0.15) is 60.6 Å². The molecule has 3 aliphatic heterocycles. The predicted octanol–water partition coefficient (Wildman–Crippen LogP) is -1.45. The van der Waals surface area contributed by atoms with Gasteiger partial charge < -0.3 is 66.4 Å². The number of benzene rings is 2. The first-order valence-electron chi connectivity index (χ1n) is 19.7. The number of nitrogens with one attached hydrogen (secondary N) is 3. The molecule has 2 aromatic carbocycles. The first-order valence-corrected chi connectivity index (χ1v) is 19.7. The molecule has 334 valence electrons. The Morgan fingerprint density at radius 1 is 0.934 bits per heavy atom. The van der Waals surface area contributed by atoms with Gasteiger partial charge in [-0.1, -0.05) is 12.1 Å². The van der Waals surface area contributed by atoms with Gasteiger partial charge in [-0.25, -0.2) is 4.79 Å². The molecule has 10 atom stereocenters. The molecule has 61 heavy (non-hydrogen) atoms. The molecule has 3 saturated heterocycles. The van der Waals surface area contributed by atoms with Gasteiger partial charge in [-0.2, -0.15) is 13.2 Å². The van der Waals surface area contributed by atoms with E-state index in [4.69, 9.17) is 30.4 Å². The number of H-pyrrole nitrogens is 1. The highest BCUT2D eigenvalue weighted by Gasteiger charge is 2.53. The number of hydrogen-bond donors (Lipinski definition) is 9. The number of anilines is 1. The highest BCUT2D eigenvalue weighted by Crippen LogP contribution is 2.35. The summed E-state index contributed by atoms with van der Waals surface area (Å²) in [6.45, 7) is 1.39. The quantitative estimate of drug-likeness (QED) is 0.0703. The lowest BCUT2D eigenvalue weighted by atomic mass is 9.98. The van der Waals surface area contributed by atoms with Crippen LogP contribution in [0.1, 0.15) is 43.0 Å². The molecule has 6 rings (SSSR count). The molecule has 3 aromatic rings. The second kappa shape index (κ2) is 19.9. The molecule has 0 bridgehead atoms. The Balaban J connectivity index is 0.992. The maximum atomic E-state index is 12.9. The molecule has 11 N–H and O–H groups in total. The Bertz CT molecular complexity index is 2050. The third-order valence-corrected chi connectivity index (χ3v) is 10.9. The van der Waals surface area contributed by atoms with Crippen LogP contribution in [-0.4, -0.2) is 129 Å². The van der Waals surface area contributed by atoms with E-state index in [1.807, 2.05) is 29.2 Å². The predicted molar refractivity (Wildman–Crippen MR) is 208 cm³/mol. The molecular weight excluding hydrogens is 815 g/mol. The van der Waals surface area contributed by atoms with E-state index in [1.165, 1.54) is 12.1 Å². The van der Waals surface area contributed by atoms with Crippen LogP contribution in [0.15, 0.2) is 70.4 Å². The summed E-state index contributed by atoms with van der Waals surface area (Å²) in [5, 5.41) is 48.7. The number of aromatic nitrogens is 2. The van der Waals surface area contributed by atoms with Crippen LogP contribution < -0.4 is 43.0 Å². The van der Waals surface area contributed by atoms with Crippen LogP contribution in [-0.2, 0) is 36.5 Å². The molecule has 0 aliphatic carbocycles. The molecule has 0 saturated carbocycles. The Morgan fingerprint density at radius 3 is 2.23 bits per heavy atom. The van der Waals surface area contributed by atoms with E-state index in [-0.39, 0.29) is 44.5 Å². The third kappa shape index (κ3) is 11.1. The highest BCUT2D eigenvalue weighted by molar-refractivity contribution is 5.80. The molecule has 3 fully saturated rings. The number of carbonyl (C=O) groups is 2. The van der Waals surface area contributed by atoms with E-state index in [2.05, 4.69) is 15.5 Å². The molecule has 0 spiro atoms. The maximum absolute atomic E-state index is 12.9. The van der Waals surface area contributed by atoms with Crippen molar-refractivity contribution < 1.29 is 62.1 Å². The monoisotopic (exact) mass is 865 g/mol. The highest BCUT2D eigenvalue weighted by atomic mass is 19.4. The van der Waals surface area contributed by atoms with Gasteiger partial charge in [0.2, 0.25) is 11.8 Å². The Kier molecular flexibility index (Phi) is 14.8. The van der Waals surface area contributed by atoms with Crippen molar-refractivity contribution in [3.63, 3.8) is 0 Å². The lowest BCUT2D eigenvalue weighted by molar-refractivity contribution is -0.226. The van der Waals surface area contributed by atoms with Crippen LogP contribution in [0, 0.1) is 0 Å². The van der Waals surface area contributed by atoms with Gasteiger partial charge in [0.15, 0.2) is 12.5 Å².